The first kappa shape index (κ1) is 17.0. The number of carbonyl (C=O) groups excluding carboxylic acids is 1. The van der Waals surface area contributed by atoms with E-state index in [-0.39, 0.29) is 17.3 Å². The third-order valence-corrected chi connectivity index (χ3v) is 2.85. The van der Waals surface area contributed by atoms with E-state index >= 15 is 0 Å². The monoisotopic (exact) mass is 333 g/mol. The van der Waals surface area contributed by atoms with Crippen molar-refractivity contribution in [3.05, 3.63) is 54.1 Å². The molecule has 0 bridgehead atoms. The second-order valence-corrected chi connectivity index (χ2v) is 4.52. The van der Waals surface area contributed by atoms with Crippen LogP contribution < -0.4 is 15.4 Å². The molecule has 0 aliphatic rings. The van der Waals surface area contributed by atoms with E-state index < -0.39 is 12.6 Å². The number of alkyl halides is 2. The number of hydrogen-bond acceptors (Lipinski definition) is 4. The zero-order chi connectivity index (χ0) is 17.5. The maximum absolute atomic E-state index is 12.2. The number of benzene rings is 2. The molecule has 0 aliphatic carbocycles. The summed E-state index contributed by atoms with van der Waals surface area (Å²) in [6.45, 7) is -2.94. The molecule has 7 nitrogen and oxygen atoms in total. The lowest BCUT2D eigenvalue weighted by molar-refractivity contribution is -0.0497. The molecule has 0 atom stereocenters. The molecule has 0 unspecified atom stereocenters. The van der Waals surface area contributed by atoms with Gasteiger partial charge in [-0.15, -0.1) is 5.11 Å². The summed E-state index contributed by atoms with van der Waals surface area (Å²) in [7, 11) is 0. The maximum atomic E-state index is 12.2. The average Bonchev–Trinajstić information content (AvgIpc) is 2.54. The summed E-state index contributed by atoms with van der Waals surface area (Å²) in [6, 6.07) is 11.2. The van der Waals surface area contributed by atoms with Gasteiger partial charge in [0.2, 0.25) is 0 Å². The fraction of sp³-hybridized carbons (Fsp3) is 0.0667. The van der Waals surface area contributed by atoms with Gasteiger partial charge in [0.05, 0.1) is 0 Å². The SMILES string of the molecule is N=NC(=N)c1ccc(NC(=O)Nc2cccc(OC(F)F)c2)cc1. The first-order valence-corrected chi connectivity index (χ1v) is 6.67. The first-order valence-electron chi connectivity index (χ1n) is 6.67. The zero-order valence-electron chi connectivity index (χ0n) is 12.2. The highest BCUT2D eigenvalue weighted by atomic mass is 19.3. The standard InChI is InChI=1S/C15H13F2N5O2/c16-14(17)24-12-3-1-2-11(8-12)21-15(23)20-10-6-4-9(5-7-10)13(18)22-19/h1-8,14,18-19H,(H2,20,21,23). The van der Waals surface area contributed by atoms with Crippen LogP contribution in [0.3, 0.4) is 0 Å². The van der Waals surface area contributed by atoms with Crippen molar-refractivity contribution < 1.29 is 18.3 Å². The van der Waals surface area contributed by atoms with Crippen LogP contribution in [0, 0.1) is 10.9 Å². The summed E-state index contributed by atoms with van der Waals surface area (Å²) in [5.74, 6) is -0.258. The Morgan fingerprint density at radius 2 is 1.75 bits per heavy atom. The zero-order valence-corrected chi connectivity index (χ0v) is 12.2. The van der Waals surface area contributed by atoms with Crippen molar-refractivity contribution in [3.8, 4) is 5.75 Å². The van der Waals surface area contributed by atoms with Crippen LogP contribution in [0.2, 0.25) is 0 Å². The lowest BCUT2D eigenvalue weighted by Gasteiger charge is -2.10. The van der Waals surface area contributed by atoms with Gasteiger partial charge in [-0.25, -0.2) is 10.3 Å². The highest BCUT2D eigenvalue weighted by Gasteiger charge is 2.07. The molecule has 4 N–H and O–H groups in total. The number of hydrogen-bond donors (Lipinski definition) is 4. The molecule has 2 aromatic rings. The second kappa shape index (κ2) is 7.77. The van der Waals surface area contributed by atoms with Gasteiger partial charge < -0.3 is 15.4 Å². The number of nitrogens with one attached hydrogen (secondary N) is 4. The molecule has 0 spiro atoms. The van der Waals surface area contributed by atoms with Crippen molar-refractivity contribution in [2.24, 2.45) is 5.11 Å². The molecule has 2 amide bonds. The number of nitrogens with zero attached hydrogens (tertiary/aromatic N) is 1. The molecule has 0 saturated heterocycles. The summed E-state index contributed by atoms with van der Waals surface area (Å²) in [4.78, 5) is 11.9. The van der Waals surface area contributed by atoms with Gasteiger partial charge in [0.15, 0.2) is 5.84 Å². The van der Waals surface area contributed by atoms with E-state index in [1.165, 1.54) is 36.4 Å². The van der Waals surface area contributed by atoms with Crippen molar-refractivity contribution in [3.63, 3.8) is 0 Å². The number of rotatable bonds is 5. The molecule has 2 rings (SSSR count). The van der Waals surface area contributed by atoms with Gasteiger partial charge in [-0.05, 0) is 36.4 Å². The van der Waals surface area contributed by atoms with Crippen LogP contribution in [0.25, 0.3) is 0 Å². The average molecular weight is 333 g/mol. The smallest absolute Gasteiger partial charge is 0.387 e. The Kier molecular flexibility index (Phi) is 5.50. The number of carbonyl (C=O) groups is 1. The van der Waals surface area contributed by atoms with Gasteiger partial charge >= 0.3 is 12.6 Å². The molecular weight excluding hydrogens is 320 g/mol. The molecule has 2 aromatic carbocycles. The minimum atomic E-state index is -2.94. The van der Waals surface area contributed by atoms with Crippen molar-refractivity contribution in [2.45, 2.75) is 6.61 Å². The Balaban J connectivity index is 1.98. The van der Waals surface area contributed by atoms with Gasteiger partial charge in [-0.2, -0.15) is 8.78 Å². The third-order valence-electron chi connectivity index (χ3n) is 2.85. The summed E-state index contributed by atoms with van der Waals surface area (Å²) in [5, 5.41) is 15.4. The number of urea groups is 1. The predicted octanol–water partition coefficient (Wildman–Crippen LogP) is 4.29. The quantitative estimate of drug-likeness (QED) is 0.372. The van der Waals surface area contributed by atoms with E-state index in [9.17, 15) is 13.6 Å². The van der Waals surface area contributed by atoms with Crippen LogP contribution >= 0.6 is 0 Å². The minimum Gasteiger partial charge on any atom is -0.435 e. The van der Waals surface area contributed by atoms with E-state index in [1.807, 2.05) is 0 Å². The molecule has 24 heavy (non-hydrogen) atoms. The number of amides is 2. The van der Waals surface area contributed by atoms with Crippen LogP contribution in [0.5, 0.6) is 5.75 Å². The van der Waals surface area contributed by atoms with E-state index in [4.69, 9.17) is 10.9 Å². The highest BCUT2D eigenvalue weighted by Crippen LogP contribution is 2.19. The number of anilines is 2. The Morgan fingerprint density at radius 1 is 1.08 bits per heavy atom. The van der Waals surface area contributed by atoms with Crippen molar-refractivity contribution in [1.29, 1.82) is 10.9 Å². The minimum absolute atomic E-state index is 0.0650. The molecule has 0 saturated carbocycles. The van der Waals surface area contributed by atoms with Crippen LogP contribution in [-0.4, -0.2) is 18.5 Å². The number of halogens is 2. The normalized spacial score (nSPS) is 10.1. The summed E-state index contributed by atoms with van der Waals surface area (Å²) in [6.07, 6.45) is 0. The molecule has 0 aliphatic heterocycles. The summed E-state index contributed by atoms with van der Waals surface area (Å²) in [5.41, 5.74) is 7.94. The molecule has 0 radical (unpaired) electrons. The molecular formula is C15H13F2N5O2. The topological polar surface area (TPSA) is 110 Å². The van der Waals surface area contributed by atoms with Crippen molar-refractivity contribution in [2.75, 3.05) is 10.6 Å². The summed E-state index contributed by atoms with van der Waals surface area (Å²) >= 11 is 0. The Hall–Kier alpha value is -3.36. The molecule has 9 heteroatoms. The third kappa shape index (κ3) is 4.83. The van der Waals surface area contributed by atoms with Gasteiger partial charge in [-0.3, -0.25) is 5.41 Å². The van der Waals surface area contributed by atoms with Gasteiger partial charge in [0, 0.05) is 23.0 Å². The van der Waals surface area contributed by atoms with E-state index in [0.29, 0.717) is 11.3 Å². The Bertz CT molecular complexity index is 750. The largest absolute Gasteiger partial charge is 0.435 e. The Morgan fingerprint density at radius 3 is 2.38 bits per heavy atom. The van der Waals surface area contributed by atoms with Crippen LogP contribution in [-0.2, 0) is 0 Å². The van der Waals surface area contributed by atoms with Crippen LogP contribution in [0.15, 0.2) is 53.6 Å². The van der Waals surface area contributed by atoms with E-state index in [1.54, 1.807) is 12.1 Å². The first-order chi connectivity index (χ1) is 11.5. The van der Waals surface area contributed by atoms with Gasteiger partial charge in [0.1, 0.15) is 5.75 Å². The Labute approximate surface area is 135 Å². The number of ether oxygens (including phenoxy) is 1. The fourth-order valence-corrected chi connectivity index (χ4v) is 1.82. The molecule has 0 aromatic heterocycles. The molecule has 0 fully saturated rings. The summed E-state index contributed by atoms with van der Waals surface area (Å²) < 4.78 is 28.6. The van der Waals surface area contributed by atoms with E-state index in [0.717, 1.165) is 0 Å². The van der Waals surface area contributed by atoms with Crippen LogP contribution in [0.4, 0.5) is 25.0 Å². The lowest BCUT2D eigenvalue weighted by atomic mass is 10.2. The molecule has 0 heterocycles. The van der Waals surface area contributed by atoms with Crippen molar-refractivity contribution >= 4 is 23.2 Å². The van der Waals surface area contributed by atoms with Gasteiger partial charge in [-0.1, -0.05) is 6.07 Å². The second-order valence-electron chi connectivity index (χ2n) is 4.52. The molecule has 124 valence electrons. The van der Waals surface area contributed by atoms with Crippen molar-refractivity contribution in [1.82, 2.24) is 0 Å². The maximum Gasteiger partial charge on any atom is 0.387 e. The van der Waals surface area contributed by atoms with Crippen LogP contribution in [0.1, 0.15) is 5.56 Å². The lowest BCUT2D eigenvalue weighted by Crippen LogP contribution is -2.19. The number of amidine groups is 1. The predicted molar refractivity (Wildman–Crippen MR) is 84.1 cm³/mol. The fourth-order valence-electron chi connectivity index (χ4n) is 1.82. The van der Waals surface area contributed by atoms with Gasteiger partial charge in [0.25, 0.3) is 0 Å². The van der Waals surface area contributed by atoms with E-state index in [2.05, 4.69) is 20.5 Å². The highest BCUT2D eigenvalue weighted by molar-refractivity contribution is 6.01.